The summed E-state index contributed by atoms with van der Waals surface area (Å²) in [6.45, 7) is 7.64. The molecule has 0 radical (unpaired) electrons. The molecule has 2 aromatic rings. The zero-order valence-electron chi connectivity index (χ0n) is 11.4. The van der Waals surface area contributed by atoms with Crippen molar-refractivity contribution >= 4 is 11.0 Å². The molecular formula is C15H21N3. The van der Waals surface area contributed by atoms with E-state index in [0.29, 0.717) is 0 Å². The lowest BCUT2D eigenvalue weighted by Gasteiger charge is -2.25. The Kier molecular flexibility index (Phi) is 2.67. The van der Waals surface area contributed by atoms with Crippen LogP contribution in [0.15, 0.2) is 12.1 Å². The maximum absolute atomic E-state index is 4.82. The number of aromatic nitrogens is 2. The van der Waals surface area contributed by atoms with Gasteiger partial charge >= 0.3 is 0 Å². The van der Waals surface area contributed by atoms with E-state index in [1.165, 1.54) is 24.0 Å². The van der Waals surface area contributed by atoms with Gasteiger partial charge < -0.3 is 10.3 Å². The Morgan fingerprint density at radius 1 is 1.28 bits per heavy atom. The standard InChI is InChI=1S/C15H21N3/c1-4-15(6-5-7-16-15)14-17-12-8-10(2)11(3)9-13(12)18-14/h8-9,16H,4-7H2,1-3H3,(H,17,18). The molecule has 1 atom stereocenters. The first kappa shape index (κ1) is 11.7. The summed E-state index contributed by atoms with van der Waals surface area (Å²) < 4.78 is 0. The van der Waals surface area contributed by atoms with Gasteiger partial charge in [0.2, 0.25) is 0 Å². The molecule has 1 aromatic heterocycles. The fourth-order valence-electron chi connectivity index (χ4n) is 2.97. The first-order valence-electron chi connectivity index (χ1n) is 6.87. The third-order valence-corrected chi connectivity index (χ3v) is 4.40. The lowest BCUT2D eigenvalue weighted by molar-refractivity contribution is 0.357. The molecule has 1 aliphatic rings. The van der Waals surface area contributed by atoms with E-state index in [2.05, 4.69) is 43.2 Å². The van der Waals surface area contributed by atoms with Gasteiger partial charge in [-0.2, -0.15) is 0 Å². The summed E-state index contributed by atoms with van der Waals surface area (Å²) in [4.78, 5) is 8.35. The molecule has 3 nitrogen and oxygen atoms in total. The molecular weight excluding hydrogens is 222 g/mol. The van der Waals surface area contributed by atoms with Gasteiger partial charge in [-0.25, -0.2) is 4.98 Å². The normalized spacial score (nSPS) is 23.9. The molecule has 1 aromatic carbocycles. The summed E-state index contributed by atoms with van der Waals surface area (Å²) in [7, 11) is 0. The average Bonchev–Trinajstić information content (AvgIpc) is 2.96. The zero-order valence-corrected chi connectivity index (χ0v) is 11.4. The molecule has 0 aliphatic carbocycles. The molecule has 3 heteroatoms. The van der Waals surface area contributed by atoms with Gasteiger partial charge in [-0.3, -0.25) is 0 Å². The van der Waals surface area contributed by atoms with Crippen LogP contribution in [-0.4, -0.2) is 16.5 Å². The second-order valence-corrected chi connectivity index (χ2v) is 5.51. The molecule has 18 heavy (non-hydrogen) atoms. The first-order valence-corrected chi connectivity index (χ1v) is 6.87. The van der Waals surface area contributed by atoms with Crippen molar-refractivity contribution in [2.45, 2.75) is 45.6 Å². The van der Waals surface area contributed by atoms with Crippen molar-refractivity contribution in [2.24, 2.45) is 0 Å². The summed E-state index contributed by atoms with van der Waals surface area (Å²) >= 11 is 0. The minimum Gasteiger partial charge on any atom is -0.340 e. The highest BCUT2D eigenvalue weighted by Crippen LogP contribution is 2.33. The summed E-state index contributed by atoms with van der Waals surface area (Å²) in [5.41, 5.74) is 4.96. The van der Waals surface area contributed by atoms with Crippen LogP contribution >= 0.6 is 0 Å². The smallest absolute Gasteiger partial charge is 0.127 e. The highest BCUT2D eigenvalue weighted by Gasteiger charge is 2.36. The molecule has 1 aliphatic heterocycles. The number of nitrogens with one attached hydrogen (secondary N) is 2. The van der Waals surface area contributed by atoms with Crippen molar-refractivity contribution < 1.29 is 0 Å². The predicted molar refractivity (Wildman–Crippen MR) is 74.8 cm³/mol. The molecule has 1 fully saturated rings. The van der Waals surface area contributed by atoms with Crippen LogP contribution in [0.2, 0.25) is 0 Å². The lowest BCUT2D eigenvalue weighted by atomic mass is 9.93. The van der Waals surface area contributed by atoms with Crippen LogP contribution in [0.4, 0.5) is 0 Å². The van der Waals surface area contributed by atoms with Crippen molar-refractivity contribution in [3.8, 4) is 0 Å². The van der Waals surface area contributed by atoms with Crippen LogP contribution in [-0.2, 0) is 5.54 Å². The highest BCUT2D eigenvalue weighted by molar-refractivity contribution is 5.77. The van der Waals surface area contributed by atoms with Gasteiger partial charge in [-0.05, 0) is 62.9 Å². The summed E-state index contributed by atoms with van der Waals surface area (Å²) in [5, 5.41) is 3.63. The van der Waals surface area contributed by atoms with Crippen LogP contribution in [0, 0.1) is 13.8 Å². The van der Waals surface area contributed by atoms with E-state index in [1.54, 1.807) is 0 Å². The van der Waals surface area contributed by atoms with Gasteiger partial charge in [0.1, 0.15) is 5.82 Å². The van der Waals surface area contributed by atoms with Gasteiger partial charge in [0.05, 0.1) is 16.6 Å². The average molecular weight is 243 g/mol. The van der Waals surface area contributed by atoms with E-state index in [0.717, 1.165) is 29.8 Å². The van der Waals surface area contributed by atoms with Crippen molar-refractivity contribution in [3.05, 3.63) is 29.1 Å². The minimum atomic E-state index is 0.0703. The van der Waals surface area contributed by atoms with E-state index in [9.17, 15) is 0 Å². The number of aryl methyl sites for hydroxylation is 2. The molecule has 1 saturated heterocycles. The monoisotopic (exact) mass is 243 g/mol. The maximum atomic E-state index is 4.82. The zero-order chi connectivity index (χ0) is 12.8. The Bertz CT molecular complexity index is 538. The van der Waals surface area contributed by atoms with Crippen LogP contribution < -0.4 is 5.32 Å². The van der Waals surface area contributed by atoms with Crippen LogP contribution in [0.25, 0.3) is 11.0 Å². The molecule has 0 saturated carbocycles. The molecule has 3 rings (SSSR count). The van der Waals surface area contributed by atoms with Crippen LogP contribution in [0.3, 0.4) is 0 Å². The largest absolute Gasteiger partial charge is 0.340 e. The summed E-state index contributed by atoms with van der Waals surface area (Å²) in [6, 6.07) is 4.39. The fourth-order valence-corrected chi connectivity index (χ4v) is 2.97. The van der Waals surface area contributed by atoms with Crippen molar-refractivity contribution in [1.82, 2.24) is 15.3 Å². The number of imidazole rings is 1. The van der Waals surface area contributed by atoms with Gasteiger partial charge in [0.25, 0.3) is 0 Å². The molecule has 96 valence electrons. The Hall–Kier alpha value is -1.35. The molecule has 0 amide bonds. The topological polar surface area (TPSA) is 40.7 Å². The summed E-state index contributed by atoms with van der Waals surface area (Å²) in [6.07, 6.45) is 3.51. The van der Waals surface area contributed by atoms with Crippen molar-refractivity contribution in [2.75, 3.05) is 6.54 Å². The SMILES string of the molecule is CCC1(c2nc3cc(C)c(C)cc3[nH]2)CCCN1. The third kappa shape index (κ3) is 1.65. The van der Waals surface area contributed by atoms with E-state index < -0.39 is 0 Å². The number of fused-ring (bicyclic) bond motifs is 1. The number of nitrogens with zero attached hydrogens (tertiary/aromatic N) is 1. The quantitative estimate of drug-likeness (QED) is 0.850. The van der Waals surface area contributed by atoms with E-state index in [-0.39, 0.29) is 5.54 Å². The number of hydrogen-bond acceptors (Lipinski definition) is 2. The Balaban J connectivity index is 2.13. The molecule has 0 bridgehead atoms. The fraction of sp³-hybridized carbons (Fsp3) is 0.533. The van der Waals surface area contributed by atoms with Crippen LogP contribution in [0.1, 0.15) is 43.1 Å². The Labute approximate surface area is 108 Å². The molecule has 0 spiro atoms. The second kappa shape index (κ2) is 4.09. The van der Waals surface area contributed by atoms with Gasteiger partial charge in [-0.15, -0.1) is 0 Å². The van der Waals surface area contributed by atoms with Gasteiger partial charge in [-0.1, -0.05) is 6.92 Å². The van der Waals surface area contributed by atoms with E-state index >= 15 is 0 Å². The number of rotatable bonds is 2. The van der Waals surface area contributed by atoms with Crippen LogP contribution in [0.5, 0.6) is 0 Å². The number of hydrogen-bond donors (Lipinski definition) is 2. The first-order chi connectivity index (χ1) is 8.64. The molecule has 1 unspecified atom stereocenters. The van der Waals surface area contributed by atoms with Gasteiger partial charge in [0, 0.05) is 0 Å². The number of H-pyrrole nitrogens is 1. The summed E-state index contributed by atoms with van der Waals surface area (Å²) in [5.74, 6) is 1.11. The second-order valence-electron chi connectivity index (χ2n) is 5.51. The molecule has 2 N–H and O–H groups in total. The maximum Gasteiger partial charge on any atom is 0.127 e. The van der Waals surface area contributed by atoms with E-state index in [1.807, 2.05) is 0 Å². The third-order valence-electron chi connectivity index (χ3n) is 4.40. The lowest BCUT2D eigenvalue weighted by Crippen LogP contribution is -2.37. The number of aromatic amines is 1. The van der Waals surface area contributed by atoms with Crippen molar-refractivity contribution in [1.29, 1.82) is 0 Å². The van der Waals surface area contributed by atoms with E-state index in [4.69, 9.17) is 4.98 Å². The van der Waals surface area contributed by atoms with Crippen molar-refractivity contribution in [3.63, 3.8) is 0 Å². The van der Waals surface area contributed by atoms with Gasteiger partial charge in [0.15, 0.2) is 0 Å². The minimum absolute atomic E-state index is 0.0703. The highest BCUT2D eigenvalue weighted by atomic mass is 15.1. The Morgan fingerprint density at radius 3 is 2.72 bits per heavy atom. The molecule has 2 heterocycles. The predicted octanol–water partition coefficient (Wildman–Crippen LogP) is 3.17. The number of benzene rings is 1. The Morgan fingerprint density at radius 2 is 2.06 bits per heavy atom.